The van der Waals surface area contributed by atoms with Crippen LogP contribution in [0.1, 0.15) is 11.1 Å². The molecule has 0 fully saturated rings. The number of nitrogens with zero attached hydrogens (tertiary/aromatic N) is 2. The summed E-state index contributed by atoms with van der Waals surface area (Å²) < 4.78 is 5.02. The van der Waals surface area contributed by atoms with Gasteiger partial charge in [-0.15, -0.1) is 0 Å². The van der Waals surface area contributed by atoms with Crippen LogP contribution in [-0.4, -0.2) is 48.3 Å². The van der Waals surface area contributed by atoms with E-state index in [1.54, 1.807) is 20.1 Å². The number of methoxy groups -OCH3 is 1. The van der Waals surface area contributed by atoms with E-state index in [0.717, 1.165) is 5.56 Å². The Labute approximate surface area is 112 Å². The van der Waals surface area contributed by atoms with Crippen molar-refractivity contribution in [3.05, 3.63) is 39.4 Å². The average Bonchev–Trinajstić information content (AvgIpc) is 2.38. The van der Waals surface area contributed by atoms with Gasteiger partial charge in [-0.05, 0) is 12.5 Å². The number of ether oxygens (including phenoxy) is 1. The fourth-order valence-electron chi connectivity index (χ4n) is 1.91. The number of benzene rings is 1. The predicted octanol–water partition coefficient (Wildman–Crippen LogP) is 1.34. The highest BCUT2D eigenvalue weighted by Crippen LogP contribution is 2.22. The zero-order valence-electron chi connectivity index (χ0n) is 11.3. The van der Waals surface area contributed by atoms with Gasteiger partial charge >= 0.3 is 0 Å². The van der Waals surface area contributed by atoms with Gasteiger partial charge in [-0.2, -0.15) is 0 Å². The Morgan fingerprint density at radius 1 is 1.42 bits per heavy atom. The summed E-state index contributed by atoms with van der Waals surface area (Å²) in [4.78, 5) is 12.5. The van der Waals surface area contributed by atoms with E-state index in [1.807, 2.05) is 11.0 Å². The third kappa shape index (κ3) is 4.59. The Morgan fingerprint density at radius 3 is 2.74 bits per heavy atom. The maximum absolute atomic E-state index is 10.9. The van der Waals surface area contributed by atoms with E-state index in [1.165, 1.54) is 6.07 Å². The number of hydrogen-bond acceptors (Lipinski definition) is 5. The first-order valence-corrected chi connectivity index (χ1v) is 6.15. The molecule has 0 amide bonds. The molecule has 0 aromatic heterocycles. The molecule has 0 unspecified atom stereocenters. The van der Waals surface area contributed by atoms with E-state index < -0.39 is 0 Å². The molecule has 0 spiro atoms. The molecule has 0 aliphatic rings. The number of nitro benzene ring substituents is 1. The Morgan fingerprint density at radius 2 is 2.16 bits per heavy atom. The summed E-state index contributed by atoms with van der Waals surface area (Å²) in [6, 6.07) is 5.07. The lowest BCUT2D eigenvalue weighted by atomic mass is 10.1. The molecule has 1 aromatic rings. The molecule has 1 rings (SSSR count). The van der Waals surface area contributed by atoms with E-state index in [9.17, 15) is 10.1 Å². The molecule has 0 saturated carbocycles. The highest BCUT2D eigenvalue weighted by molar-refractivity contribution is 5.44. The second kappa shape index (κ2) is 7.83. The van der Waals surface area contributed by atoms with Crippen molar-refractivity contribution in [2.45, 2.75) is 13.5 Å². The minimum absolute atomic E-state index is 0.0533. The van der Waals surface area contributed by atoms with E-state index in [2.05, 4.69) is 0 Å². The third-order valence-electron chi connectivity index (χ3n) is 3.04. The van der Waals surface area contributed by atoms with Crippen LogP contribution in [0.2, 0.25) is 0 Å². The van der Waals surface area contributed by atoms with Gasteiger partial charge in [0.25, 0.3) is 5.69 Å². The quantitative estimate of drug-likeness (QED) is 0.569. The van der Waals surface area contributed by atoms with Gasteiger partial charge in [-0.25, -0.2) is 0 Å². The fraction of sp³-hybridized carbons (Fsp3) is 0.538. The molecule has 1 N–H and O–H groups in total. The molecular formula is C13H20N2O4. The van der Waals surface area contributed by atoms with E-state index in [4.69, 9.17) is 9.84 Å². The van der Waals surface area contributed by atoms with E-state index >= 15 is 0 Å². The molecule has 0 atom stereocenters. The molecule has 6 nitrogen and oxygen atoms in total. The SMILES string of the molecule is COCCN(CCO)Cc1cccc([N+](=O)[O-])c1C. The van der Waals surface area contributed by atoms with Crippen molar-refractivity contribution in [3.8, 4) is 0 Å². The van der Waals surface area contributed by atoms with Gasteiger partial charge in [0.2, 0.25) is 0 Å². The highest BCUT2D eigenvalue weighted by Gasteiger charge is 2.15. The molecule has 0 heterocycles. The third-order valence-corrected chi connectivity index (χ3v) is 3.04. The highest BCUT2D eigenvalue weighted by atomic mass is 16.6. The molecule has 0 saturated heterocycles. The van der Waals surface area contributed by atoms with Crippen LogP contribution >= 0.6 is 0 Å². The van der Waals surface area contributed by atoms with Gasteiger partial charge < -0.3 is 9.84 Å². The first-order valence-electron chi connectivity index (χ1n) is 6.15. The summed E-state index contributed by atoms with van der Waals surface area (Å²) in [5.74, 6) is 0. The Bertz CT molecular complexity index is 423. The first-order chi connectivity index (χ1) is 9.10. The van der Waals surface area contributed by atoms with Crippen molar-refractivity contribution in [2.75, 3.05) is 33.4 Å². The second-order valence-corrected chi connectivity index (χ2v) is 4.31. The van der Waals surface area contributed by atoms with Crippen molar-refractivity contribution in [2.24, 2.45) is 0 Å². The van der Waals surface area contributed by atoms with Crippen LogP contribution in [-0.2, 0) is 11.3 Å². The van der Waals surface area contributed by atoms with Crippen molar-refractivity contribution in [1.82, 2.24) is 4.90 Å². The summed E-state index contributed by atoms with van der Waals surface area (Å²) in [5, 5.41) is 19.9. The van der Waals surface area contributed by atoms with Gasteiger partial charge in [-0.3, -0.25) is 15.0 Å². The molecule has 0 radical (unpaired) electrons. The molecular weight excluding hydrogens is 248 g/mol. The van der Waals surface area contributed by atoms with Crippen molar-refractivity contribution in [3.63, 3.8) is 0 Å². The van der Waals surface area contributed by atoms with Gasteiger partial charge in [-0.1, -0.05) is 12.1 Å². The molecule has 0 aliphatic heterocycles. The maximum atomic E-state index is 10.9. The van der Waals surface area contributed by atoms with Gasteiger partial charge in [0, 0.05) is 38.4 Å². The Kier molecular flexibility index (Phi) is 6.41. The van der Waals surface area contributed by atoms with Gasteiger partial charge in [0.05, 0.1) is 18.1 Å². The number of nitro groups is 1. The molecule has 19 heavy (non-hydrogen) atoms. The monoisotopic (exact) mass is 268 g/mol. The Hall–Kier alpha value is -1.50. The van der Waals surface area contributed by atoms with Crippen molar-refractivity contribution < 1.29 is 14.8 Å². The fourth-order valence-corrected chi connectivity index (χ4v) is 1.91. The molecule has 106 valence electrons. The smallest absolute Gasteiger partial charge is 0.272 e. The topological polar surface area (TPSA) is 75.8 Å². The lowest BCUT2D eigenvalue weighted by molar-refractivity contribution is -0.385. The number of rotatable bonds is 8. The van der Waals surface area contributed by atoms with Gasteiger partial charge in [0.1, 0.15) is 0 Å². The lowest BCUT2D eigenvalue weighted by Crippen LogP contribution is -2.30. The molecule has 0 aliphatic carbocycles. The van der Waals surface area contributed by atoms with Crippen LogP contribution in [0.5, 0.6) is 0 Å². The largest absolute Gasteiger partial charge is 0.395 e. The summed E-state index contributed by atoms with van der Waals surface area (Å²) in [7, 11) is 1.62. The first kappa shape index (κ1) is 15.6. The van der Waals surface area contributed by atoms with Crippen molar-refractivity contribution in [1.29, 1.82) is 0 Å². The average molecular weight is 268 g/mol. The zero-order chi connectivity index (χ0) is 14.3. The molecule has 6 heteroatoms. The standard InChI is InChI=1S/C13H20N2O4/c1-11-12(4-3-5-13(11)15(17)18)10-14(6-8-16)7-9-19-2/h3-5,16H,6-10H2,1-2H3. The van der Waals surface area contributed by atoms with E-state index in [0.29, 0.717) is 31.8 Å². The number of aliphatic hydroxyl groups is 1. The van der Waals surface area contributed by atoms with Crippen LogP contribution in [0.15, 0.2) is 18.2 Å². The van der Waals surface area contributed by atoms with Crippen LogP contribution in [0.25, 0.3) is 0 Å². The molecule has 0 bridgehead atoms. The van der Waals surface area contributed by atoms with Crippen molar-refractivity contribution >= 4 is 5.69 Å². The summed E-state index contributed by atoms with van der Waals surface area (Å²) in [6.45, 7) is 4.13. The minimum atomic E-state index is -0.371. The van der Waals surface area contributed by atoms with Crippen LogP contribution in [0, 0.1) is 17.0 Å². The molecule has 1 aromatic carbocycles. The summed E-state index contributed by atoms with van der Waals surface area (Å²) in [6.07, 6.45) is 0. The predicted molar refractivity (Wildman–Crippen MR) is 72.1 cm³/mol. The lowest BCUT2D eigenvalue weighted by Gasteiger charge is -2.21. The number of aliphatic hydroxyl groups excluding tert-OH is 1. The summed E-state index contributed by atoms with van der Waals surface area (Å²) >= 11 is 0. The number of hydrogen-bond donors (Lipinski definition) is 1. The van der Waals surface area contributed by atoms with Gasteiger partial charge in [0.15, 0.2) is 0 Å². The maximum Gasteiger partial charge on any atom is 0.272 e. The van der Waals surface area contributed by atoms with Crippen LogP contribution < -0.4 is 0 Å². The second-order valence-electron chi connectivity index (χ2n) is 4.31. The van der Waals surface area contributed by atoms with E-state index in [-0.39, 0.29) is 17.2 Å². The van der Waals surface area contributed by atoms with Crippen LogP contribution in [0.3, 0.4) is 0 Å². The Balaban J connectivity index is 2.83. The normalized spacial score (nSPS) is 10.9. The van der Waals surface area contributed by atoms with Crippen LogP contribution in [0.4, 0.5) is 5.69 Å². The minimum Gasteiger partial charge on any atom is -0.395 e. The summed E-state index contributed by atoms with van der Waals surface area (Å²) in [5.41, 5.74) is 1.71. The zero-order valence-corrected chi connectivity index (χ0v) is 11.3.